The van der Waals surface area contributed by atoms with Crippen molar-refractivity contribution in [2.24, 2.45) is 5.92 Å². The third-order valence-corrected chi connectivity index (χ3v) is 6.01. The minimum atomic E-state index is -0.692. The zero-order valence-corrected chi connectivity index (χ0v) is 17.9. The first kappa shape index (κ1) is 22.0. The summed E-state index contributed by atoms with van der Waals surface area (Å²) in [6.45, 7) is -0.0696. The number of hydrogen-bond acceptors (Lipinski definition) is 4. The van der Waals surface area contributed by atoms with Gasteiger partial charge in [0.25, 0.3) is 0 Å². The van der Waals surface area contributed by atoms with Crippen LogP contribution in [-0.2, 0) is 25.6 Å². The van der Waals surface area contributed by atoms with Crippen LogP contribution in [0.3, 0.4) is 0 Å². The third kappa shape index (κ3) is 4.50. The van der Waals surface area contributed by atoms with Crippen molar-refractivity contribution in [1.29, 1.82) is 0 Å². The van der Waals surface area contributed by atoms with Gasteiger partial charge < -0.3 is 9.80 Å². The predicted molar refractivity (Wildman–Crippen MR) is 115 cm³/mol. The monoisotopic (exact) mass is 457 g/mol. The summed E-state index contributed by atoms with van der Waals surface area (Å²) in [6.07, 6.45) is 0.489. The number of carbonyl (C=O) groups excluding carboxylic acids is 4. The maximum Gasteiger partial charge on any atom is 0.248 e. The fourth-order valence-corrected chi connectivity index (χ4v) is 4.19. The summed E-state index contributed by atoms with van der Waals surface area (Å²) in [5.41, 5.74) is 1.41. The summed E-state index contributed by atoms with van der Waals surface area (Å²) >= 11 is 5.80. The van der Waals surface area contributed by atoms with Gasteiger partial charge in [-0.25, -0.2) is 4.39 Å². The first-order valence-electron chi connectivity index (χ1n) is 10.2. The van der Waals surface area contributed by atoms with E-state index in [1.165, 1.54) is 26.8 Å². The molecular weight excluding hydrogens is 437 g/mol. The summed E-state index contributed by atoms with van der Waals surface area (Å²) in [6, 6.07) is 13.4. The van der Waals surface area contributed by atoms with Crippen molar-refractivity contribution in [1.82, 2.24) is 9.80 Å². The lowest BCUT2D eigenvalue weighted by Crippen LogP contribution is -2.57. The van der Waals surface area contributed by atoms with Crippen LogP contribution in [0.1, 0.15) is 12.0 Å². The molecule has 2 saturated heterocycles. The summed E-state index contributed by atoms with van der Waals surface area (Å²) in [4.78, 5) is 54.3. The van der Waals surface area contributed by atoms with Crippen LogP contribution in [0.4, 0.5) is 10.1 Å². The molecule has 166 valence electrons. The van der Waals surface area contributed by atoms with Crippen LogP contribution in [0.15, 0.2) is 48.5 Å². The highest BCUT2D eigenvalue weighted by Gasteiger charge is 2.41. The molecule has 0 saturated carbocycles. The van der Waals surface area contributed by atoms with Crippen molar-refractivity contribution in [3.05, 3.63) is 64.9 Å². The summed E-state index contributed by atoms with van der Waals surface area (Å²) in [5, 5.41) is -0.118. The topological polar surface area (TPSA) is 78.0 Å². The Kier molecular flexibility index (Phi) is 6.23. The highest BCUT2D eigenvalue weighted by atomic mass is 35.5. The summed E-state index contributed by atoms with van der Waals surface area (Å²) in [7, 11) is 0. The van der Waals surface area contributed by atoms with Crippen LogP contribution in [0.5, 0.6) is 0 Å². The Morgan fingerprint density at radius 2 is 1.69 bits per heavy atom. The number of hydrogen-bond donors (Lipinski definition) is 0. The normalized spacial score (nSPS) is 19.1. The SMILES string of the molecule is O=C(C1CC(=O)N(c2ccc(F)c(Cl)c2)C1)N1CC(=O)N(CCc2ccccc2)C(=O)C1. The van der Waals surface area contributed by atoms with Crippen LogP contribution in [0, 0.1) is 11.7 Å². The van der Waals surface area contributed by atoms with Crippen molar-refractivity contribution in [2.45, 2.75) is 12.8 Å². The van der Waals surface area contributed by atoms with E-state index < -0.39 is 29.5 Å². The van der Waals surface area contributed by atoms with E-state index in [0.717, 1.165) is 11.6 Å². The lowest BCUT2D eigenvalue weighted by molar-refractivity contribution is -0.157. The summed E-state index contributed by atoms with van der Waals surface area (Å²) < 4.78 is 13.4. The summed E-state index contributed by atoms with van der Waals surface area (Å²) in [5.74, 6) is -2.88. The molecule has 2 aliphatic heterocycles. The van der Waals surface area contributed by atoms with Crippen molar-refractivity contribution in [3.63, 3.8) is 0 Å². The van der Waals surface area contributed by atoms with Crippen molar-refractivity contribution >= 4 is 40.9 Å². The molecule has 0 bridgehead atoms. The van der Waals surface area contributed by atoms with Gasteiger partial charge in [-0.1, -0.05) is 41.9 Å². The van der Waals surface area contributed by atoms with E-state index >= 15 is 0 Å². The zero-order valence-electron chi connectivity index (χ0n) is 17.2. The lowest BCUT2D eigenvalue weighted by Gasteiger charge is -2.33. The maximum absolute atomic E-state index is 13.4. The molecule has 4 rings (SSSR count). The van der Waals surface area contributed by atoms with Crippen molar-refractivity contribution < 1.29 is 23.6 Å². The Balaban J connectivity index is 1.38. The first-order valence-corrected chi connectivity index (χ1v) is 10.6. The molecule has 2 aromatic rings. The number of piperazine rings is 1. The van der Waals surface area contributed by atoms with Crippen LogP contribution in [0.2, 0.25) is 5.02 Å². The predicted octanol–water partition coefficient (Wildman–Crippen LogP) is 2.27. The second kappa shape index (κ2) is 9.08. The van der Waals surface area contributed by atoms with Gasteiger partial charge in [0.15, 0.2) is 0 Å². The smallest absolute Gasteiger partial charge is 0.248 e. The Morgan fingerprint density at radius 1 is 1.00 bits per heavy atom. The maximum atomic E-state index is 13.4. The molecule has 1 unspecified atom stereocenters. The van der Waals surface area contributed by atoms with Gasteiger partial charge in [-0.2, -0.15) is 0 Å². The molecule has 2 fully saturated rings. The average Bonchev–Trinajstić information content (AvgIpc) is 3.16. The highest BCUT2D eigenvalue weighted by Crippen LogP contribution is 2.29. The van der Waals surface area contributed by atoms with Gasteiger partial charge in [-0.3, -0.25) is 24.1 Å². The van der Waals surface area contributed by atoms with Crippen molar-refractivity contribution in [3.8, 4) is 0 Å². The van der Waals surface area contributed by atoms with E-state index in [0.29, 0.717) is 12.1 Å². The molecule has 4 amide bonds. The molecular formula is C23H21ClFN3O4. The molecule has 32 heavy (non-hydrogen) atoms. The fraction of sp³-hybridized carbons (Fsp3) is 0.304. The minimum Gasteiger partial charge on any atom is -0.324 e. The molecule has 9 heteroatoms. The van der Waals surface area contributed by atoms with Crippen molar-refractivity contribution in [2.75, 3.05) is 31.1 Å². The number of anilines is 1. The molecule has 0 aliphatic carbocycles. The lowest BCUT2D eigenvalue weighted by atomic mass is 10.1. The number of imide groups is 1. The van der Waals surface area contributed by atoms with E-state index in [4.69, 9.17) is 11.6 Å². The van der Waals surface area contributed by atoms with E-state index in [1.54, 1.807) is 0 Å². The van der Waals surface area contributed by atoms with Gasteiger partial charge >= 0.3 is 0 Å². The van der Waals surface area contributed by atoms with Crippen LogP contribution in [-0.4, -0.2) is 59.6 Å². The minimum absolute atomic E-state index is 0.0512. The highest BCUT2D eigenvalue weighted by molar-refractivity contribution is 6.31. The molecule has 0 aromatic heterocycles. The number of nitrogens with zero attached hydrogens (tertiary/aromatic N) is 3. The van der Waals surface area contributed by atoms with Gasteiger partial charge in [-0.05, 0) is 30.2 Å². The largest absolute Gasteiger partial charge is 0.324 e. The second-order valence-electron chi connectivity index (χ2n) is 7.87. The Labute approximate surface area is 189 Å². The number of halogens is 2. The molecule has 2 aliphatic rings. The molecule has 2 heterocycles. The van der Waals surface area contributed by atoms with E-state index in [9.17, 15) is 23.6 Å². The van der Waals surface area contributed by atoms with Crippen LogP contribution >= 0.6 is 11.6 Å². The van der Waals surface area contributed by atoms with Crippen LogP contribution in [0.25, 0.3) is 0 Å². The number of rotatable bonds is 5. The Morgan fingerprint density at radius 3 is 2.34 bits per heavy atom. The zero-order chi connectivity index (χ0) is 22.8. The van der Waals surface area contributed by atoms with Gasteiger partial charge in [-0.15, -0.1) is 0 Å². The molecule has 0 radical (unpaired) electrons. The van der Waals surface area contributed by atoms with Gasteiger partial charge in [0.1, 0.15) is 18.9 Å². The quantitative estimate of drug-likeness (QED) is 0.645. The molecule has 1 atom stereocenters. The number of benzene rings is 2. The van der Waals surface area contributed by atoms with Crippen LogP contribution < -0.4 is 4.90 Å². The third-order valence-electron chi connectivity index (χ3n) is 5.72. The van der Waals surface area contributed by atoms with E-state index in [1.807, 2.05) is 30.3 Å². The van der Waals surface area contributed by atoms with E-state index in [2.05, 4.69) is 0 Å². The molecule has 0 spiro atoms. The standard InChI is InChI=1S/C23H21ClFN3O4/c24-18-11-17(6-7-19(18)25)28-12-16(10-20(28)29)23(32)26-13-21(30)27(22(31)14-26)9-8-15-4-2-1-3-5-15/h1-7,11,16H,8-10,12-14H2. The Hall–Kier alpha value is -3.26. The van der Waals surface area contributed by atoms with Gasteiger partial charge in [0.05, 0.1) is 10.9 Å². The second-order valence-corrected chi connectivity index (χ2v) is 8.28. The van der Waals surface area contributed by atoms with Gasteiger partial charge in [0.2, 0.25) is 23.6 Å². The average molecular weight is 458 g/mol. The molecule has 7 nitrogen and oxygen atoms in total. The fourth-order valence-electron chi connectivity index (χ4n) is 4.02. The Bertz CT molecular complexity index is 1060. The molecule has 0 N–H and O–H groups in total. The number of amides is 4. The van der Waals surface area contributed by atoms with E-state index in [-0.39, 0.29) is 43.5 Å². The van der Waals surface area contributed by atoms with Gasteiger partial charge in [0, 0.05) is 25.2 Å². The first-order chi connectivity index (χ1) is 15.3. The molecule has 2 aromatic carbocycles. The number of carbonyl (C=O) groups is 4.